The largest absolute Gasteiger partial charge is 0.508 e. The third-order valence-corrected chi connectivity index (χ3v) is 23.6. The van der Waals surface area contributed by atoms with Crippen LogP contribution < -0.4 is 9.47 Å². The molecule has 0 saturated heterocycles. The fraction of sp³-hybridized carbons (Fsp3) is 0.624. The lowest BCUT2D eigenvalue weighted by molar-refractivity contribution is -0.160. The number of hydrogen-bond donors (Lipinski definition) is 3. The third-order valence-electron chi connectivity index (χ3n) is 23.6. The van der Waals surface area contributed by atoms with Crippen LogP contribution in [-0.2, 0) is 42.9 Å². The Morgan fingerprint density at radius 3 is 0.843 bits per heavy atom. The van der Waals surface area contributed by atoms with Crippen LogP contribution in [0.1, 0.15) is 508 Å². The summed E-state index contributed by atoms with van der Waals surface area (Å²) in [6, 6.07) is 60.2. The van der Waals surface area contributed by atoms with Crippen molar-refractivity contribution in [3.05, 3.63) is 221 Å². The number of rotatable bonds is 39. The Labute approximate surface area is 869 Å². The van der Waals surface area contributed by atoms with E-state index in [-0.39, 0.29) is 169 Å². The van der Waals surface area contributed by atoms with Gasteiger partial charge in [0.2, 0.25) is 0 Å². The SMILES string of the molecule is C.C.C.C.C.C.C.C.C.C.C.C.C.C.CCC(C)(C)C#N.CCC(C)(C)C(=O)OC(C)c1ccccc1.CCC(C)(C)C(=O)OC(C)c1ccccc1.CCC(C)(C)C(=O)OC(C)c1ccccc1.CCC(C)c1ccc(O)c(OC)c1.CCC(C)c1ccc(O)cc1.CCC(C)c1ccc(O)cc1.CCCCCCCCCCCCOC(=O)C(C)(C)CC.CCOC(C)Oc1ccc(C(C)CC)cc1. The molecule has 3 N–H and O–H groups in total. The van der Waals surface area contributed by atoms with E-state index in [0.717, 1.165) is 86.6 Å². The highest BCUT2D eigenvalue weighted by atomic mass is 16.7. The first kappa shape index (κ1) is 167. The van der Waals surface area contributed by atoms with Gasteiger partial charge in [-0.3, -0.25) is 19.2 Å². The molecule has 0 radical (unpaired) electrons. The number of unbranched alkanes of at least 4 members (excludes halogenated alkanes) is 9. The third kappa shape index (κ3) is 73.0. The summed E-state index contributed by atoms with van der Waals surface area (Å²) in [6.45, 7) is 59.8. The molecule has 140 heavy (non-hydrogen) atoms. The van der Waals surface area contributed by atoms with E-state index in [4.69, 9.17) is 48.6 Å². The van der Waals surface area contributed by atoms with Crippen molar-refractivity contribution < 1.29 is 67.7 Å². The molecule has 0 amide bonds. The van der Waals surface area contributed by atoms with Gasteiger partial charge in [-0.1, -0.05) is 392 Å². The van der Waals surface area contributed by atoms with Crippen molar-refractivity contribution in [2.45, 2.75) is 475 Å². The van der Waals surface area contributed by atoms with Gasteiger partial charge in [0.05, 0.1) is 46.9 Å². The zero-order valence-corrected chi connectivity index (χ0v) is 84.1. The van der Waals surface area contributed by atoms with E-state index < -0.39 is 16.2 Å². The van der Waals surface area contributed by atoms with Crippen LogP contribution in [0.4, 0.5) is 0 Å². The van der Waals surface area contributed by atoms with Crippen LogP contribution in [0, 0.1) is 38.4 Å². The molecule has 7 rings (SSSR count). The van der Waals surface area contributed by atoms with Gasteiger partial charge >= 0.3 is 23.9 Å². The molecule has 0 aliphatic heterocycles. The molecule has 7 aromatic carbocycles. The fourth-order valence-electron chi connectivity index (χ4n) is 10.8. The fourth-order valence-corrected chi connectivity index (χ4v) is 10.8. The normalized spacial score (nSPS) is 11.6. The van der Waals surface area contributed by atoms with E-state index in [0.29, 0.717) is 54.1 Å². The second kappa shape index (κ2) is 93.5. The molecule has 8 unspecified atom stereocenters. The van der Waals surface area contributed by atoms with Gasteiger partial charge in [-0.05, 0) is 279 Å². The topological polar surface area (TPSA) is 217 Å². The summed E-state index contributed by atoms with van der Waals surface area (Å²) in [5, 5.41) is 35.7. The Balaban J connectivity index is -0.0000000879. The average molecular weight is 1970 g/mol. The number of ether oxygens (including phenoxy) is 7. The molecule has 0 aliphatic carbocycles. The lowest BCUT2D eigenvalue weighted by atomic mass is 9.90. The number of carbonyl (C=O) groups excluding carboxylic acids is 4. The molecule has 0 aromatic heterocycles. The average Bonchev–Trinajstić information content (AvgIpc) is 0.849. The molecule has 0 aliphatic rings. The maximum absolute atomic E-state index is 11.9. The molecule has 0 spiro atoms. The van der Waals surface area contributed by atoms with Gasteiger partial charge < -0.3 is 48.5 Å². The van der Waals surface area contributed by atoms with E-state index in [2.05, 4.69) is 80.5 Å². The second-order valence-electron chi connectivity index (χ2n) is 36.1. The maximum atomic E-state index is 11.9. The number of phenolic OH excluding ortho intramolecular Hbond substituents is 3. The zero-order valence-electron chi connectivity index (χ0n) is 84.1. The molecule has 8 atom stereocenters. The van der Waals surface area contributed by atoms with Gasteiger partial charge in [0.25, 0.3) is 0 Å². The van der Waals surface area contributed by atoms with Crippen molar-refractivity contribution >= 4 is 23.9 Å². The second-order valence-corrected chi connectivity index (χ2v) is 36.1. The van der Waals surface area contributed by atoms with Crippen molar-refractivity contribution in [3.8, 4) is 34.8 Å². The number of hydrogen-bond acceptors (Lipinski definition) is 15. The molecule has 15 nitrogen and oxygen atoms in total. The summed E-state index contributed by atoms with van der Waals surface area (Å²) in [5.74, 6) is 4.17. The van der Waals surface area contributed by atoms with Crippen molar-refractivity contribution in [3.63, 3.8) is 0 Å². The summed E-state index contributed by atoms with van der Waals surface area (Å²) in [4.78, 5) is 47.3. The van der Waals surface area contributed by atoms with Crippen LogP contribution in [0.2, 0.25) is 0 Å². The van der Waals surface area contributed by atoms with Crippen LogP contribution in [0.3, 0.4) is 0 Å². The summed E-state index contributed by atoms with van der Waals surface area (Å²) < 4.78 is 37.6. The van der Waals surface area contributed by atoms with E-state index in [1.54, 1.807) is 37.4 Å². The first-order valence-electron chi connectivity index (χ1n) is 47.1. The van der Waals surface area contributed by atoms with Crippen LogP contribution in [0.5, 0.6) is 28.7 Å². The number of methoxy groups -OCH3 is 1. The standard InChI is InChI=1S/C18H36O2.3C14H20O2.C14H22O2.C11H16O2.2C10H14O.C6H11N.14CH4/c1-5-7-8-9-10-11-12-13-14-15-16-20-17(19)18(3,4)6-2;3*1-5-14(3,4)13(15)16-11(2)12-9-7-6-8-10-12;1-5-11(3)13-7-9-14(10-8-13)16-12(4)15-6-2;1-4-8(2)9-5-6-10(12)11(7-9)13-3;2*1-3-8(2)9-4-6-10(11)7-5-9;1-4-6(2,3)5-7;;;;;;;;;;;;;;/h5-16H2,1-4H3;3*6-11H,5H2,1-4H3;7-12H,5-6H2,1-4H3;5-8,12H,4H2,1-3H3;2*4-8,11H,3H2,1-2H3;4H2,1-3H3;14*1H4. The summed E-state index contributed by atoms with van der Waals surface area (Å²) in [7, 11) is 1.56. The van der Waals surface area contributed by atoms with Crippen molar-refractivity contribution in [1.82, 2.24) is 0 Å². The van der Waals surface area contributed by atoms with Crippen LogP contribution in [0.25, 0.3) is 0 Å². The van der Waals surface area contributed by atoms with E-state index >= 15 is 0 Å². The van der Waals surface area contributed by atoms with Gasteiger partial charge in [0.15, 0.2) is 17.8 Å². The summed E-state index contributed by atoms with van der Waals surface area (Å²) in [5.41, 5.74) is 6.62. The number of carbonyl (C=O) groups is 4. The Bertz CT molecular complexity index is 3740. The molecule has 7 aromatic rings. The smallest absolute Gasteiger partial charge is 0.312 e. The number of esters is 4. The molecule has 0 heterocycles. The molecule has 0 fully saturated rings. The van der Waals surface area contributed by atoms with Crippen molar-refractivity contribution in [2.24, 2.45) is 27.1 Å². The first-order valence-corrected chi connectivity index (χ1v) is 47.1. The van der Waals surface area contributed by atoms with Gasteiger partial charge in [-0.2, -0.15) is 5.26 Å². The Hall–Kier alpha value is -9.13. The molecule has 15 heteroatoms. The summed E-state index contributed by atoms with van der Waals surface area (Å²) in [6.07, 6.45) is 21.0. The number of phenols is 3. The minimum atomic E-state index is -0.400. The lowest BCUT2D eigenvalue weighted by Crippen LogP contribution is -2.26. The molecular weight excluding hydrogens is 1740 g/mol. The van der Waals surface area contributed by atoms with Crippen molar-refractivity contribution in [2.75, 3.05) is 20.3 Å². The first-order chi connectivity index (χ1) is 59.4. The van der Waals surface area contributed by atoms with Crippen LogP contribution >= 0.6 is 0 Å². The number of nitrogens with zero attached hydrogens (tertiary/aromatic N) is 1. The minimum Gasteiger partial charge on any atom is -0.508 e. The molecule has 0 bridgehead atoms. The Morgan fingerprint density at radius 2 is 0.593 bits per heavy atom. The van der Waals surface area contributed by atoms with E-state index in [9.17, 15) is 24.3 Å². The van der Waals surface area contributed by atoms with E-state index in [1.165, 1.54) is 80.0 Å². The Kier molecular flexibility index (Phi) is 112. The van der Waals surface area contributed by atoms with Gasteiger partial charge in [-0.15, -0.1) is 0 Å². The maximum Gasteiger partial charge on any atom is 0.312 e. The lowest BCUT2D eigenvalue weighted by Gasteiger charge is -2.23. The molecule has 818 valence electrons. The predicted molar refractivity (Wildman–Crippen MR) is 620 cm³/mol. The number of aromatic hydroxyl groups is 3. The predicted octanol–water partition coefficient (Wildman–Crippen LogP) is 40.6. The minimum absolute atomic E-state index is 0. The zero-order chi connectivity index (χ0) is 96.1. The summed E-state index contributed by atoms with van der Waals surface area (Å²) >= 11 is 0. The number of nitriles is 1. The molecular formula is C125H229NO14. The highest BCUT2D eigenvalue weighted by Gasteiger charge is 2.32. The quantitative estimate of drug-likeness (QED) is 0.0141. The Morgan fingerprint density at radius 1 is 0.329 bits per heavy atom. The monoisotopic (exact) mass is 1970 g/mol. The van der Waals surface area contributed by atoms with Gasteiger partial charge in [0.1, 0.15) is 35.6 Å². The van der Waals surface area contributed by atoms with Gasteiger partial charge in [0, 0.05) is 6.61 Å². The number of benzene rings is 7. The van der Waals surface area contributed by atoms with E-state index in [1.807, 2.05) is 278 Å². The van der Waals surface area contributed by atoms with Crippen LogP contribution in [-0.4, -0.2) is 65.8 Å². The highest BCUT2D eigenvalue weighted by molar-refractivity contribution is 5.77. The van der Waals surface area contributed by atoms with Gasteiger partial charge in [-0.25, -0.2) is 0 Å². The van der Waals surface area contributed by atoms with Crippen molar-refractivity contribution in [1.29, 1.82) is 5.26 Å². The molecule has 0 saturated carbocycles. The highest BCUT2D eigenvalue weighted by Crippen LogP contribution is 2.34. The van der Waals surface area contributed by atoms with Crippen LogP contribution in [0.15, 0.2) is 182 Å².